The lowest BCUT2D eigenvalue weighted by molar-refractivity contribution is 0.0962. The number of nitrogens with one attached hydrogen (secondary N) is 2. The van der Waals surface area contributed by atoms with Crippen molar-refractivity contribution in [1.82, 2.24) is 25.3 Å². The average Bonchev–Trinajstić information content (AvgIpc) is 2.95. The molecule has 3 heterocycles. The quantitative estimate of drug-likeness (QED) is 0.346. The molecular formula is C27H28N8O. The van der Waals surface area contributed by atoms with Crippen molar-refractivity contribution in [2.75, 3.05) is 42.2 Å². The molecule has 4 aromatic rings. The molecule has 0 radical (unpaired) electrons. The molecule has 2 aromatic carbocycles. The highest BCUT2D eigenvalue weighted by atomic mass is 16.2. The van der Waals surface area contributed by atoms with Crippen LogP contribution in [-0.4, -0.2) is 51.9 Å². The van der Waals surface area contributed by atoms with Gasteiger partial charge in [0, 0.05) is 38.6 Å². The molecule has 0 atom stereocenters. The highest BCUT2D eigenvalue weighted by Crippen LogP contribution is 2.32. The molecule has 0 saturated carbocycles. The fourth-order valence-corrected chi connectivity index (χ4v) is 4.50. The Morgan fingerprint density at radius 1 is 0.861 bits per heavy atom. The van der Waals surface area contributed by atoms with Crippen molar-refractivity contribution >= 4 is 23.2 Å². The summed E-state index contributed by atoms with van der Waals surface area (Å²) in [6.07, 6.45) is 4.55. The van der Waals surface area contributed by atoms with Crippen molar-refractivity contribution in [3.8, 4) is 0 Å². The number of benzene rings is 2. The van der Waals surface area contributed by atoms with Crippen molar-refractivity contribution in [3.05, 3.63) is 108 Å². The van der Waals surface area contributed by atoms with Crippen LogP contribution in [0.15, 0.2) is 91.5 Å². The van der Waals surface area contributed by atoms with Gasteiger partial charge in [0.15, 0.2) is 11.6 Å². The number of nitrogens with zero attached hydrogens (tertiary/aromatic N) is 5. The van der Waals surface area contributed by atoms with Gasteiger partial charge in [-0.3, -0.25) is 25.5 Å². The molecule has 1 fully saturated rings. The third kappa shape index (κ3) is 5.11. The number of carbonyl (C=O) groups is 1. The van der Waals surface area contributed by atoms with Crippen LogP contribution in [0.2, 0.25) is 0 Å². The first kappa shape index (κ1) is 23.3. The maximum absolute atomic E-state index is 12.3. The molecule has 1 saturated heterocycles. The second-order valence-corrected chi connectivity index (χ2v) is 8.53. The number of rotatable bonds is 7. The predicted octanol–water partition coefficient (Wildman–Crippen LogP) is 3.12. The van der Waals surface area contributed by atoms with E-state index in [1.54, 1.807) is 18.3 Å². The lowest BCUT2D eigenvalue weighted by Crippen LogP contribution is -2.48. The maximum Gasteiger partial charge on any atom is 0.271 e. The number of hydrogen-bond donors (Lipinski definition) is 3. The van der Waals surface area contributed by atoms with Gasteiger partial charge in [-0.15, -0.1) is 0 Å². The molecule has 1 amide bonds. The minimum atomic E-state index is -0.329. The largest absolute Gasteiger partial charge is 0.393 e. The number of piperazine rings is 1. The molecule has 1 aliphatic heterocycles. The van der Waals surface area contributed by atoms with Gasteiger partial charge >= 0.3 is 0 Å². The number of hydrogen-bond acceptors (Lipinski definition) is 8. The van der Waals surface area contributed by atoms with E-state index in [1.807, 2.05) is 12.1 Å². The Balaban J connectivity index is 1.28. The van der Waals surface area contributed by atoms with Crippen molar-refractivity contribution in [1.29, 1.82) is 0 Å². The summed E-state index contributed by atoms with van der Waals surface area (Å²) in [5.41, 5.74) is 15.2. The number of pyridine rings is 1. The Morgan fingerprint density at radius 3 is 2.14 bits per heavy atom. The topological polar surface area (TPSA) is 112 Å². The minimum Gasteiger partial charge on any atom is -0.393 e. The summed E-state index contributed by atoms with van der Waals surface area (Å²) in [4.78, 5) is 29.6. The van der Waals surface area contributed by atoms with E-state index in [9.17, 15) is 4.79 Å². The molecule has 0 bridgehead atoms. The van der Waals surface area contributed by atoms with E-state index in [2.05, 4.69) is 84.1 Å². The number of nitrogen functional groups attached to an aromatic ring is 1. The highest BCUT2D eigenvalue weighted by Gasteiger charge is 2.28. The van der Waals surface area contributed by atoms with Crippen molar-refractivity contribution in [3.63, 3.8) is 0 Å². The summed E-state index contributed by atoms with van der Waals surface area (Å²) >= 11 is 0. The third-order valence-corrected chi connectivity index (χ3v) is 6.29. The molecule has 9 heteroatoms. The molecule has 0 aliphatic carbocycles. The van der Waals surface area contributed by atoms with Gasteiger partial charge in [0.2, 0.25) is 0 Å². The van der Waals surface area contributed by atoms with Crippen molar-refractivity contribution in [2.45, 2.75) is 6.04 Å². The van der Waals surface area contributed by atoms with Crippen LogP contribution in [0.5, 0.6) is 0 Å². The van der Waals surface area contributed by atoms with Crippen LogP contribution in [0.3, 0.4) is 0 Å². The number of amides is 1. The maximum atomic E-state index is 12.3. The molecule has 0 spiro atoms. The third-order valence-electron chi connectivity index (χ3n) is 6.29. The van der Waals surface area contributed by atoms with E-state index in [0.29, 0.717) is 22.9 Å². The number of carbonyl (C=O) groups excluding carboxylic acids is 1. The van der Waals surface area contributed by atoms with Crippen LogP contribution in [0.1, 0.15) is 27.5 Å². The van der Waals surface area contributed by atoms with Crippen molar-refractivity contribution < 1.29 is 4.79 Å². The van der Waals surface area contributed by atoms with E-state index in [-0.39, 0.29) is 11.9 Å². The van der Waals surface area contributed by atoms with Crippen LogP contribution in [0, 0.1) is 0 Å². The molecule has 9 nitrogen and oxygen atoms in total. The summed E-state index contributed by atoms with van der Waals surface area (Å²) in [5, 5.41) is 0. The highest BCUT2D eigenvalue weighted by molar-refractivity contribution is 5.94. The summed E-state index contributed by atoms with van der Waals surface area (Å²) in [7, 11) is 0. The number of aromatic nitrogens is 3. The van der Waals surface area contributed by atoms with Gasteiger partial charge < -0.3 is 10.6 Å². The van der Waals surface area contributed by atoms with Gasteiger partial charge in [0.25, 0.3) is 5.91 Å². The van der Waals surface area contributed by atoms with Crippen LogP contribution in [0.25, 0.3) is 0 Å². The fraction of sp³-hybridized carbons (Fsp3) is 0.185. The smallest absolute Gasteiger partial charge is 0.271 e. The molecule has 36 heavy (non-hydrogen) atoms. The number of nitrogens with two attached hydrogens (primary N) is 1. The summed E-state index contributed by atoms with van der Waals surface area (Å²) < 4.78 is 0. The van der Waals surface area contributed by atoms with Gasteiger partial charge in [-0.1, -0.05) is 60.7 Å². The predicted molar refractivity (Wildman–Crippen MR) is 140 cm³/mol. The second kappa shape index (κ2) is 10.8. The Kier molecular flexibility index (Phi) is 7.00. The molecule has 1 aliphatic rings. The lowest BCUT2D eigenvalue weighted by atomic mass is 9.96. The molecule has 2 aromatic heterocycles. The summed E-state index contributed by atoms with van der Waals surface area (Å²) in [6.45, 7) is 3.22. The SMILES string of the molecule is Nc1c(NNC(=O)c2cccnc2)ncnc1N1CCN(C(c2ccccc2)c2ccccc2)CC1. The Morgan fingerprint density at radius 2 is 1.53 bits per heavy atom. The fourth-order valence-electron chi connectivity index (χ4n) is 4.50. The van der Waals surface area contributed by atoms with E-state index >= 15 is 0 Å². The first-order valence-electron chi connectivity index (χ1n) is 11.9. The Bertz CT molecular complexity index is 1240. The molecule has 0 unspecified atom stereocenters. The zero-order chi connectivity index (χ0) is 24.7. The summed E-state index contributed by atoms with van der Waals surface area (Å²) in [6, 6.07) is 24.7. The van der Waals surface area contributed by atoms with Gasteiger partial charge in [-0.25, -0.2) is 9.97 Å². The monoisotopic (exact) mass is 480 g/mol. The molecule has 5 rings (SSSR count). The van der Waals surface area contributed by atoms with Gasteiger partial charge in [0.1, 0.15) is 12.0 Å². The lowest BCUT2D eigenvalue weighted by Gasteiger charge is -2.40. The van der Waals surface area contributed by atoms with Crippen LogP contribution in [-0.2, 0) is 0 Å². The van der Waals surface area contributed by atoms with Crippen LogP contribution in [0.4, 0.5) is 17.3 Å². The van der Waals surface area contributed by atoms with Gasteiger partial charge in [-0.2, -0.15) is 0 Å². The molecule has 4 N–H and O–H groups in total. The Labute approximate surface area is 210 Å². The minimum absolute atomic E-state index is 0.178. The zero-order valence-electron chi connectivity index (χ0n) is 19.8. The van der Waals surface area contributed by atoms with Crippen molar-refractivity contribution in [2.24, 2.45) is 0 Å². The Hall–Kier alpha value is -4.50. The summed E-state index contributed by atoms with van der Waals surface area (Å²) in [5.74, 6) is 0.675. The normalized spacial score (nSPS) is 14.0. The van der Waals surface area contributed by atoms with Gasteiger partial charge in [0.05, 0.1) is 11.6 Å². The number of anilines is 3. The second-order valence-electron chi connectivity index (χ2n) is 8.53. The van der Waals surface area contributed by atoms with E-state index in [4.69, 9.17) is 5.73 Å². The molecule has 182 valence electrons. The van der Waals surface area contributed by atoms with Gasteiger partial charge in [-0.05, 0) is 23.3 Å². The van der Waals surface area contributed by atoms with E-state index in [0.717, 1.165) is 26.2 Å². The average molecular weight is 481 g/mol. The van der Waals surface area contributed by atoms with E-state index in [1.165, 1.54) is 23.7 Å². The van der Waals surface area contributed by atoms with Crippen LogP contribution >= 0.6 is 0 Å². The standard InChI is InChI=1S/C27H28N8O/c28-23-25(32-33-27(36)22-12-7-13-29-18-22)30-19-31-26(23)35-16-14-34(15-17-35)24(20-8-3-1-4-9-20)21-10-5-2-6-11-21/h1-13,18-19,24H,14-17,28H2,(H,33,36)(H,30,31,32). The first-order valence-corrected chi connectivity index (χ1v) is 11.9. The van der Waals surface area contributed by atoms with E-state index < -0.39 is 0 Å². The first-order chi connectivity index (χ1) is 17.7. The molecular weight excluding hydrogens is 452 g/mol. The number of hydrazine groups is 1. The van der Waals surface area contributed by atoms with Crippen LogP contribution < -0.4 is 21.5 Å². The zero-order valence-corrected chi connectivity index (χ0v) is 19.8.